The topological polar surface area (TPSA) is 36.9 Å². The lowest BCUT2D eigenvalue weighted by Crippen LogP contribution is -2.22. The average Bonchev–Trinajstić information content (AvgIpc) is 2.67. The first-order valence-corrected chi connectivity index (χ1v) is 12.4. The molecule has 0 saturated carbocycles. The van der Waals surface area contributed by atoms with Crippen LogP contribution in [0.3, 0.4) is 0 Å². The monoisotopic (exact) mass is 392 g/mol. The van der Waals surface area contributed by atoms with Crippen molar-refractivity contribution in [2.24, 2.45) is 0 Å². The summed E-state index contributed by atoms with van der Waals surface area (Å²) in [5.41, 5.74) is 0. The molecule has 2 heterocycles. The smallest absolute Gasteiger partial charge is 0.157 e. The molecule has 4 nitrogen and oxygen atoms in total. The predicted octanol–water partition coefficient (Wildman–Crippen LogP) is 4.71. The zero-order valence-electron chi connectivity index (χ0n) is 15.6. The third-order valence-electron chi connectivity index (χ3n) is 4.33. The summed E-state index contributed by atoms with van der Waals surface area (Å²) >= 11 is 4.10. The van der Waals surface area contributed by atoms with Gasteiger partial charge in [0.15, 0.2) is 12.6 Å². The van der Waals surface area contributed by atoms with E-state index < -0.39 is 0 Å². The fraction of sp³-hybridized carbons (Fsp3) is 1.00. The average molecular weight is 393 g/mol. The van der Waals surface area contributed by atoms with E-state index >= 15 is 0 Å². The zero-order valence-corrected chi connectivity index (χ0v) is 17.3. The third-order valence-corrected chi connectivity index (χ3v) is 6.64. The SMILES string of the molecule is C1CCC(OCCCSCCCSCCCOC2CCCCO2)OC1. The predicted molar refractivity (Wildman–Crippen MR) is 108 cm³/mol. The standard InChI is InChI=1S/C19H36O4S2/c1-3-10-20-18(8-1)22-12-5-14-24-16-7-17-25-15-6-13-23-19-9-2-4-11-21-19/h18-19H,1-17H2. The van der Waals surface area contributed by atoms with E-state index in [0.717, 1.165) is 52.1 Å². The van der Waals surface area contributed by atoms with E-state index in [1.165, 1.54) is 55.1 Å². The molecule has 0 aliphatic carbocycles. The maximum atomic E-state index is 5.75. The second-order valence-corrected chi connectivity index (χ2v) is 9.07. The van der Waals surface area contributed by atoms with Crippen LogP contribution < -0.4 is 0 Å². The van der Waals surface area contributed by atoms with Gasteiger partial charge in [-0.05, 0) is 80.8 Å². The number of thioether (sulfide) groups is 2. The van der Waals surface area contributed by atoms with Gasteiger partial charge in [0, 0.05) is 13.2 Å². The van der Waals surface area contributed by atoms with Gasteiger partial charge in [-0.25, -0.2) is 0 Å². The van der Waals surface area contributed by atoms with Crippen LogP contribution in [0.25, 0.3) is 0 Å². The molecule has 2 rings (SSSR count). The normalized spacial score (nSPS) is 24.5. The minimum Gasteiger partial charge on any atom is -0.353 e. The second-order valence-electron chi connectivity index (χ2n) is 6.62. The highest BCUT2D eigenvalue weighted by Gasteiger charge is 2.14. The van der Waals surface area contributed by atoms with Crippen molar-refractivity contribution in [3.05, 3.63) is 0 Å². The van der Waals surface area contributed by atoms with Crippen LogP contribution in [-0.2, 0) is 18.9 Å². The molecule has 0 aromatic rings. The Bertz CT molecular complexity index is 267. The summed E-state index contributed by atoms with van der Waals surface area (Å²) in [5, 5.41) is 0. The molecule has 0 spiro atoms. The molecule has 0 N–H and O–H groups in total. The lowest BCUT2D eigenvalue weighted by Gasteiger charge is -2.22. The van der Waals surface area contributed by atoms with Crippen LogP contribution in [-0.4, -0.2) is 62.0 Å². The highest BCUT2D eigenvalue weighted by molar-refractivity contribution is 8.00. The Balaban J connectivity index is 1.23. The van der Waals surface area contributed by atoms with Crippen molar-refractivity contribution in [2.45, 2.75) is 70.4 Å². The van der Waals surface area contributed by atoms with Crippen molar-refractivity contribution >= 4 is 23.5 Å². The maximum Gasteiger partial charge on any atom is 0.157 e. The maximum absolute atomic E-state index is 5.75. The summed E-state index contributed by atoms with van der Waals surface area (Å²) in [6, 6.07) is 0. The molecule has 6 heteroatoms. The van der Waals surface area contributed by atoms with E-state index in [-0.39, 0.29) is 12.6 Å². The lowest BCUT2D eigenvalue weighted by atomic mass is 10.2. The molecule has 2 unspecified atom stereocenters. The first-order valence-electron chi connectivity index (χ1n) is 10.1. The highest BCUT2D eigenvalue weighted by Crippen LogP contribution is 2.16. The van der Waals surface area contributed by atoms with E-state index in [2.05, 4.69) is 23.5 Å². The molecule has 25 heavy (non-hydrogen) atoms. The van der Waals surface area contributed by atoms with E-state index in [9.17, 15) is 0 Å². The molecule has 0 aromatic heterocycles. The van der Waals surface area contributed by atoms with Gasteiger partial charge in [0.2, 0.25) is 0 Å². The molecule has 2 saturated heterocycles. The van der Waals surface area contributed by atoms with Gasteiger partial charge in [0.05, 0.1) is 13.2 Å². The molecule has 2 aliphatic rings. The lowest BCUT2D eigenvalue weighted by molar-refractivity contribution is -0.162. The van der Waals surface area contributed by atoms with Crippen molar-refractivity contribution < 1.29 is 18.9 Å². The summed E-state index contributed by atoms with van der Waals surface area (Å²) in [7, 11) is 0. The second kappa shape index (κ2) is 15.6. The van der Waals surface area contributed by atoms with Gasteiger partial charge >= 0.3 is 0 Å². The van der Waals surface area contributed by atoms with Crippen LogP contribution in [0.15, 0.2) is 0 Å². The Morgan fingerprint density at radius 3 is 1.56 bits per heavy atom. The minimum atomic E-state index is 0.0730. The number of rotatable bonds is 14. The Kier molecular flexibility index (Phi) is 13.6. The van der Waals surface area contributed by atoms with Crippen molar-refractivity contribution in [3.63, 3.8) is 0 Å². The van der Waals surface area contributed by atoms with Gasteiger partial charge in [0.1, 0.15) is 0 Å². The van der Waals surface area contributed by atoms with Crippen LogP contribution in [0.1, 0.15) is 57.8 Å². The molecule has 0 radical (unpaired) electrons. The van der Waals surface area contributed by atoms with Crippen molar-refractivity contribution in [2.75, 3.05) is 49.4 Å². The van der Waals surface area contributed by atoms with Gasteiger partial charge in [-0.2, -0.15) is 23.5 Å². The van der Waals surface area contributed by atoms with Crippen LogP contribution in [0, 0.1) is 0 Å². The summed E-state index contributed by atoms with van der Waals surface area (Å²) in [5.74, 6) is 4.93. The largest absolute Gasteiger partial charge is 0.353 e. The Morgan fingerprint density at radius 2 is 1.12 bits per heavy atom. The molecular formula is C19H36O4S2. The molecule has 0 aromatic carbocycles. The van der Waals surface area contributed by atoms with Crippen LogP contribution in [0.5, 0.6) is 0 Å². The van der Waals surface area contributed by atoms with Gasteiger partial charge in [-0.1, -0.05) is 0 Å². The molecule has 2 atom stereocenters. The summed E-state index contributed by atoms with van der Waals surface area (Å²) in [6.07, 6.45) is 10.7. The van der Waals surface area contributed by atoms with E-state index in [1.54, 1.807) is 0 Å². The summed E-state index contributed by atoms with van der Waals surface area (Å²) < 4.78 is 22.6. The van der Waals surface area contributed by atoms with Crippen LogP contribution in [0.4, 0.5) is 0 Å². The van der Waals surface area contributed by atoms with E-state index in [1.807, 2.05) is 0 Å². The Labute approximate surface area is 162 Å². The van der Waals surface area contributed by atoms with Crippen molar-refractivity contribution in [1.82, 2.24) is 0 Å². The van der Waals surface area contributed by atoms with Gasteiger partial charge < -0.3 is 18.9 Å². The molecule has 0 bridgehead atoms. The van der Waals surface area contributed by atoms with Crippen LogP contribution >= 0.6 is 23.5 Å². The van der Waals surface area contributed by atoms with E-state index in [0.29, 0.717) is 0 Å². The number of hydrogen-bond donors (Lipinski definition) is 0. The van der Waals surface area contributed by atoms with Crippen molar-refractivity contribution in [3.8, 4) is 0 Å². The third kappa shape index (κ3) is 11.8. The van der Waals surface area contributed by atoms with E-state index in [4.69, 9.17) is 18.9 Å². The highest BCUT2D eigenvalue weighted by atomic mass is 32.2. The molecule has 2 fully saturated rings. The summed E-state index contributed by atoms with van der Waals surface area (Å²) in [4.78, 5) is 0. The number of hydrogen-bond acceptors (Lipinski definition) is 6. The Morgan fingerprint density at radius 1 is 0.640 bits per heavy atom. The number of ether oxygens (including phenoxy) is 4. The fourth-order valence-corrected chi connectivity index (χ4v) is 4.84. The molecule has 0 amide bonds. The van der Waals surface area contributed by atoms with Gasteiger partial charge in [-0.3, -0.25) is 0 Å². The first kappa shape index (κ1) is 21.8. The van der Waals surface area contributed by atoms with Gasteiger partial charge in [-0.15, -0.1) is 0 Å². The van der Waals surface area contributed by atoms with Gasteiger partial charge in [0.25, 0.3) is 0 Å². The molecule has 148 valence electrons. The first-order chi connectivity index (χ1) is 12.4. The quantitative estimate of drug-likeness (QED) is 0.399. The minimum absolute atomic E-state index is 0.0730. The fourth-order valence-electron chi connectivity index (χ4n) is 2.90. The summed E-state index contributed by atoms with van der Waals surface area (Å²) in [6.45, 7) is 3.43. The van der Waals surface area contributed by atoms with Crippen LogP contribution in [0.2, 0.25) is 0 Å². The molecule has 2 aliphatic heterocycles. The van der Waals surface area contributed by atoms with Crippen molar-refractivity contribution in [1.29, 1.82) is 0 Å². The zero-order chi connectivity index (χ0) is 17.4. The Hall–Kier alpha value is 0.540. The molecular weight excluding hydrogens is 356 g/mol.